The quantitative estimate of drug-likeness (QED) is 0.670. The zero-order valence-corrected chi connectivity index (χ0v) is 14.4. The number of carbonyl (C=O) groups excluding carboxylic acids is 1. The average molecular weight is 350 g/mol. The van der Waals surface area contributed by atoms with E-state index in [0.29, 0.717) is 23.6 Å². The summed E-state index contributed by atoms with van der Waals surface area (Å²) in [4.78, 5) is 12.7. The number of carbonyl (C=O) groups is 1. The zero-order valence-electron chi connectivity index (χ0n) is 13.6. The molecule has 0 aliphatic rings. The van der Waals surface area contributed by atoms with Crippen LogP contribution >= 0.6 is 12.2 Å². The fourth-order valence-electron chi connectivity index (χ4n) is 2.52. The molecule has 0 saturated heterocycles. The molecule has 2 aromatic carbocycles. The summed E-state index contributed by atoms with van der Waals surface area (Å²) in [7, 11) is 0. The van der Waals surface area contributed by atoms with Crippen molar-refractivity contribution in [2.45, 2.75) is 13.1 Å². The van der Waals surface area contributed by atoms with Crippen LogP contribution in [0.25, 0.3) is 0 Å². The number of rotatable bonds is 6. The fourth-order valence-corrected chi connectivity index (χ4v) is 2.65. The second-order valence-corrected chi connectivity index (χ2v) is 6.04. The number of nitrogens with two attached hydrogens (primary N) is 1. The Bertz CT molecular complexity index is 873. The van der Waals surface area contributed by atoms with Crippen LogP contribution in [0.4, 0.5) is 0 Å². The molecule has 0 unspecified atom stereocenters. The molecule has 0 fully saturated rings. The van der Waals surface area contributed by atoms with Gasteiger partial charge >= 0.3 is 0 Å². The van der Waals surface area contributed by atoms with E-state index in [1.165, 1.54) is 0 Å². The van der Waals surface area contributed by atoms with Gasteiger partial charge in [0, 0.05) is 30.1 Å². The molecule has 1 amide bonds. The SMILES string of the molecule is NC(=S)c1ccc(C(=O)NCc2ccccc2Cn2cccn2)cc1. The number of amides is 1. The molecule has 0 atom stereocenters. The van der Waals surface area contributed by atoms with Crippen LogP contribution in [-0.2, 0) is 13.1 Å². The van der Waals surface area contributed by atoms with Gasteiger partial charge < -0.3 is 11.1 Å². The molecular weight excluding hydrogens is 332 g/mol. The average Bonchev–Trinajstić information content (AvgIpc) is 3.14. The van der Waals surface area contributed by atoms with Crippen molar-refractivity contribution < 1.29 is 4.79 Å². The molecule has 25 heavy (non-hydrogen) atoms. The maximum Gasteiger partial charge on any atom is 0.251 e. The van der Waals surface area contributed by atoms with Crippen LogP contribution in [0.2, 0.25) is 0 Å². The molecule has 5 nitrogen and oxygen atoms in total. The summed E-state index contributed by atoms with van der Waals surface area (Å²) in [5, 5.41) is 7.18. The third-order valence-corrected chi connectivity index (χ3v) is 4.12. The van der Waals surface area contributed by atoms with E-state index in [4.69, 9.17) is 18.0 Å². The molecule has 0 bridgehead atoms. The lowest BCUT2D eigenvalue weighted by atomic mass is 10.1. The number of hydrogen-bond acceptors (Lipinski definition) is 3. The summed E-state index contributed by atoms with van der Waals surface area (Å²) < 4.78 is 1.86. The molecule has 0 aliphatic heterocycles. The van der Waals surface area contributed by atoms with Crippen molar-refractivity contribution >= 4 is 23.1 Å². The van der Waals surface area contributed by atoms with E-state index >= 15 is 0 Å². The first-order chi connectivity index (χ1) is 12.1. The maximum absolute atomic E-state index is 12.3. The van der Waals surface area contributed by atoms with E-state index in [9.17, 15) is 4.79 Å². The van der Waals surface area contributed by atoms with Crippen molar-refractivity contribution in [2.75, 3.05) is 0 Å². The zero-order chi connectivity index (χ0) is 17.6. The van der Waals surface area contributed by atoms with Crippen LogP contribution < -0.4 is 11.1 Å². The Labute approximate surface area is 151 Å². The number of hydrogen-bond donors (Lipinski definition) is 2. The third-order valence-electron chi connectivity index (χ3n) is 3.88. The van der Waals surface area contributed by atoms with Crippen molar-refractivity contribution in [2.24, 2.45) is 5.73 Å². The lowest BCUT2D eigenvalue weighted by Gasteiger charge is -2.11. The summed E-state index contributed by atoms with van der Waals surface area (Å²) in [5.74, 6) is -0.136. The Morgan fingerprint density at radius 2 is 1.72 bits per heavy atom. The van der Waals surface area contributed by atoms with E-state index < -0.39 is 0 Å². The molecule has 0 radical (unpaired) electrons. The highest BCUT2D eigenvalue weighted by Crippen LogP contribution is 2.11. The highest BCUT2D eigenvalue weighted by atomic mass is 32.1. The molecule has 0 saturated carbocycles. The van der Waals surface area contributed by atoms with Crippen LogP contribution in [0.3, 0.4) is 0 Å². The molecule has 1 aromatic heterocycles. The predicted molar refractivity (Wildman–Crippen MR) is 101 cm³/mol. The third kappa shape index (κ3) is 4.30. The number of thiocarbonyl (C=S) groups is 1. The number of aromatic nitrogens is 2. The van der Waals surface area contributed by atoms with Crippen molar-refractivity contribution in [3.8, 4) is 0 Å². The van der Waals surface area contributed by atoms with E-state index in [-0.39, 0.29) is 5.91 Å². The van der Waals surface area contributed by atoms with Gasteiger partial charge in [-0.3, -0.25) is 9.48 Å². The van der Waals surface area contributed by atoms with E-state index in [1.807, 2.05) is 41.2 Å². The smallest absolute Gasteiger partial charge is 0.251 e. The van der Waals surface area contributed by atoms with Gasteiger partial charge in [0.15, 0.2) is 0 Å². The number of nitrogens with one attached hydrogen (secondary N) is 1. The van der Waals surface area contributed by atoms with Gasteiger partial charge in [-0.2, -0.15) is 5.10 Å². The van der Waals surface area contributed by atoms with Gasteiger partial charge in [0.2, 0.25) is 0 Å². The standard InChI is InChI=1S/C19H18N4OS/c20-18(25)14-6-8-15(9-7-14)19(24)21-12-16-4-1-2-5-17(16)13-23-11-3-10-22-23/h1-11H,12-13H2,(H2,20,25)(H,21,24). The van der Waals surface area contributed by atoms with Crippen molar-refractivity contribution in [3.63, 3.8) is 0 Å². The largest absolute Gasteiger partial charge is 0.389 e. The minimum atomic E-state index is -0.136. The Hall–Kier alpha value is -2.99. The molecule has 0 aliphatic carbocycles. The van der Waals surface area contributed by atoms with Crippen molar-refractivity contribution in [3.05, 3.63) is 89.2 Å². The first-order valence-corrected chi connectivity index (χ1v) is 8.26. The van der Waals surface area contributed by atoms with Crippen molar-refractivity contribution in [1.82, 2.24) is 15.1 Å². The van der Waals surface area contributed by atoms with Gasteiger partial charge in [0.1, 0.15) is 4.99 Å². The van der Waals surface area contributed by atoms with Crippen LogP contribution in [0.5, 0.6) is 0 Å². The maximum atomic E-state index is 12.3. The molecule has 1 heterocycles. The Morgan fingerprint density at radius 1 is 1.04 bits per heavy atom. The van der Waals surface area contributed by atoms with Gasteiger partial charge in [-0.1, -0.05) is 48.6 Å². The van der Waals surface area contributed by atoms with Gasteiger partial charge in [-0.25, -0.2) is 0 Å². The van der Waals surface area contributed by atoms with Crippen LogP contribution in [0.1, 0.15) is 27.0 Å². The lowest BCUT2D eigenvalue weighted by molar-refractivity contribution is 0.0951. The van der Waals surface area contributed by atoms with Crippen LogP contribution in [-0.4, -0.2) is 20.7 Å². The second kappa shape index (κ2) is 7.72. The minimum Gasteiger partial charge on any atom is -0.389 e. The minimum absolute atomic E-state index is 0.136. The summed E-state index contributed by atoms with van der Waals surface area (Å²) in [5.41, 5.74) is 9.07. The molecule has 6 heteroatoms. The van der Waals surface area contributed by atoms with Crippen molar-refractivity contribution in [1.29, 1.82) is 0 Å². The first-order valence-electron chi connectivity index (χ1n) is 7.86. The molecule has 0 spiro atoms. The van der Waals surface area contributed by atoms with Gasteiger partial charge in [-0.15, -0.1) is 0 Å². The Morgan fingerprint density at radius 3 is 2.36 bits per heavy atom. The Kier molecular flexibility index (Phi) is 5.20. The van der Waals surface area contributed by atoms with Gasteiger partial charge in [0.05, 0.1) is 6.54 Å². The summed E-state index contributed by atoms with van der Waals surface area (Å²) in [6.07, 6.45) is 3.67. The van der Waals surface area contributed by atoms with Gasteiger partial charge in [0.25, 0.3) is 5.91 Å². The molecule has 3 N–H and O–H groups in total. The number of nitrogens with zero attached hydrogens (tertiary/aromatic N) is 2. The molecule has 3 rings (SSSR count). The van der Waals surface area contributed by atoms with Gasteiger partial charge in [-0.05, 0) is 29.3 Å². The summed E-state index contributed by atoms with van der Waals surface area (Å²) in [6, 6.07) is 16.8. The van der Waals surface area contributed by atoms with E-state index in [2.05, 4.69) is 10.4 Å². The Balaban J connectivity index is 1.67. The summed E-state index contributed by atoms with van der Waals surface area (Å²) >= 11 is 4.92. The highest BCUT2D eigenvalue weighted by molar-refractivity contribution is 7.80. The highest BCUT2D eigenvalue weighted by Gasteiger charge is 2.08. The number of benzene rings is 2. The monoisotopic (exact) mass is 350 g/mol. The predicted octanol–water partition coefficient (Wildman–Crippen LogP) is 2.50. The summed E-state index contributed by atoms with van der Waals surface area (Å²) in [6.45, 7) is 1.12. The topological polar surface area (TPSA) is 72.9 Å². The fraction of sp³-hybridized carbons (Fsp3) is 0.105. The van der Waals surface area contributed by atoms with Crippen LogP contribution in [0, 0.1) is 0 Å². The first kappa shape index (κ1) is 16.9. The van der Waals surface area contributed by atoms with E-state index in [1.54, 1.807) is 30.5 Å². The molecule has 126 valence electrons. The molecule has 3 aromatic rings. The normalized spacial score (nSPS) is 10.4. The van der Waals surface area contributed by atoms with E-state index in [0.717, 1.165) is 16.7 Å². The second-order valence-electron chi connectivity index (χ2n) is 5.60. The molecular formula is C19H18N4OS. The lowest BCUT2D eigenvalue weighted by Crippen LogP contribution is -2.23. The van der Waals surface area contributed by atoms with Crippen LogP contribution in [0.15, 0.2) is 67.0 Å².